The van der Waals surface area contributed by atoms with Crippen LogP contribution in [0.3, 0.4) is 0 Å². The normalized spacial score (nSPS) is 11.2. The fraction of sp³-hybridized carbons (Fsp3) is 0.400. The van der Waals surface area contributed by atoms with Gasteiger partial charge in [0.05, 0.1) is 5.56 Å². The summed E-state index contributed by atoms with van der Waals surface area (Å²) >= 11 is 0. The zero-order chi connectivity index (χ0) is 13.9. The number of halogens is 1. The van der Waals surface area contributed by atoms with Crippen molar-refractivity contribution < 1.29 is 9.21 Å². The Labute approximate surface area is 125 Å². The average molecular weight is 297 g/mol. The molecule has 0 fully saturated rings. The van der Waals surface area contributed by atoms with E-state index in [1.54, 1.807) is 0 Å². The maximum absolute atomic E-state index is 12.2. The van der Waals surface area contributed by atoms with Gasteiger partial charge in [-0.3, -0.25) is 4.79 Å². The van der Waals surface area contributed by atoms with Crippen molar-refractivity contribution in [1.29, 1.82) is 0 Å². The van der Waals surface area contributed by atoms with Crippen molar-refractivity contribution in [2.75, 3.05) is 6.54 Å². The van der Waals surface area contributed by atoms with Gasteiger partial charge in [-0.15, -0.1) is 12.4 Å². The predicted molar refractivity (Wildman–Crippen MR) is 83.3 cm³/mol. The molecule has 1 amide bonds. The Kier molecular flexibility index (Phi) is 5.60. The van der Waals surface area contributed by atoms with Gasteiger partial charge in [0.15, 0.2) is 0 Å². The molecule has 0 radical (unpaired) electrons. The first-order valence-corrected chi connectivity index (χ1v) is 6.63. The highest BCUT2D eigenvalue weighted by Crippen LogP contribution is 2.20. The molecule has 20 heavy (non-hydrogen) atoms. The molecule has 1 aromatic carbocycles. The number of benzene rings is 1. The van der Waals surface area contributed by atoms with Gasteiger partial charge in [-0.2, -0.15) is 0 Å². The largest absolute Gasteiger partial charge is 0.463 e. The van der Waals surface area contributed by atoms with Crippen LogP contribution in [0.1, 0.15) is 37.0 Å². The first kappa shape index (κ1) is 16.5. The van der Waals surface area contributed by atoms with Crippen LogP contribution in [0.5, 0.6) is 0 Å². The van der Waals surface area contributed by atoms with Crippen LogP contribution in [0.4, 0.5) is 0 Å². The van der Waals surface area contributed by atoms with Gasteiger partial charge in [0.25, 0.3) is 5.91 Å². The molecular formula is C15H21ClN2O2. The number of hydrogen-bond acceptors (Lipinski definition) is 3. The number of hydrogen-bond donors (Lipinski definition) is 2. The molecule has 0 aliphatic carbocycles. The van der Waals surface area contributed by atoms with Crippen LogP contribution in [-0.2, 0) is 0 Å². The summed E-state index contributed by atoms with van der Waals surface area (Å²) in [5.74, 6) is -0.137. The topological polar surface area (TPSA) is 68.3 Å². The molecular weight excluding hydrogens is 276 g/mol. The molecule has 5 heteroatoms. The Morgan fingerprint density at radius 2 is 1.95 bits per heavy atom. The van der Waals surface area contributed by atoms with Crippen molar-refractivity contribution in [2.24, 2.45) is 5.73 Å². The number of furan rings is 1. The number of fused-ring (bicyclic) bond motifs is 1. The lowest BCUT2D eigenvalue weighted by Gasteiger charge is -2.26. The monoisotopic (exact) mass is 296 g/mol. The fourth-order valence-electron chi connectivity index (χ4n) is 2.01. The van der Waals surface area contributed by atoms with Crippen molar-refractivity contribution in [2.45, 2.75) is 32.2 Å². The summed E-state index contributed by atoms with van der Waals surface area (Å²) in [7, 11) is 0. The van der Waals surface area contributed by atoms with Crippen molar-refractivity contribution >= 4 is 29.3 Å². The van der Waals surface area contributed by atoms with E-state index in [1.165, 1.54) is 6.26 Å². The molecule has 3 N–H and O–H groups in total. The number of rotatable bonds is 5. The Balaban J connectivity index is 0.00000200. The number of nitrogens with one attached hydrogen (secondary N) is 1. The summed E-state index contributed by atoms with van der Waals surface area (Å²) in [5.41, 5.74) is 7.12. The highest BCUT2D eigenvalue weighted by atomic mass is 35.5. The second-order valence-corrected chi connectivity index (χ2v) is 4.90. The Morgan fingerprint density at radius 3 is 2.60 bits per heavy atom. The SMILES string of the molecule is CCC(N)(CC)CNC(=O)c1coc2ccccc12.Cl. The summed E-state index contributed by atoms with van der Waals surface area (Å²) in [4.78, 5) is 12.2. The van der Waals surface area contributed by atoms with Gasteiger partial charge in [0.2, 0.25) is 0 Å². The Morgan fingerprint density at radius 1 is 1.30 bits per heavy atom. The molecule has 1 aromatic heterocycles. The minimum Gasteiger partial charge on any atom is -0.463 e. The maximum atomic E-state index is 12.2. The average Bonchev–Trinajstić information content (AvgIpc) is 2.88. The van der Waals surface area contributed by atoms with Crippen molar-refractivity contribution in [1.82, 2.24) is 5.32 Å². The minimum atomic E-state index is -0.338. The predicted octanol–water partition coefficient (Wildman–Crippen LogP) is 3.10. The standard InChI is InChI=1S/C15H20N2O2.ClH/c1-3-15(16,4-2)10-17-14(18)12-9-19-13-8-6-5-7-11(12)13;/h5-9H,3-4,10,16H2,1-2H3,(H,17,18);1H. The van der Waals surface area contributed by atoms with E-state index in [2.05, 4.69) is 5.32 Å². The van der Waals surface area contributed by atoms with Gasteiger partial charge in [0, 0.05) is 17.5 Å². The highest BCUT2D eigenvalue weighted by Gasteiger charge is 2.22. The van der Waals surface area contributed by atoms with E-state index in [-0.39, 0.29) is 23.9 Å². The smallest absolute Gasteiger partial charge is 0.255 e. The molecule has 0 aliphatic heterocycles. The first-order valence-electron chi connectivity index (χ1n) is 6.63. The number of carbonyl (C=O) groups is 1. The number of para-hydroxylation sites is 1. The second-order valence-electron chi connectivity index (χ2n) is 4.90. The third-order valence-corrected chi connectivity index (χ3v) is 3.73. The second kappa shape index (κ2) is 6.77. The van der Waals surface area contributed by atoms with E-state index in [1.807, 2.05) is 38.1 Å². The van der Waals surface area contributed by atoms with Crippen LogP contribution in [0.2, 0.25) is 0 Å². The number of amides is 1. The zero-order valence-corrected chi connectivity index (χ0v) is 12.6. The van der Waals surface area contributed by atoms with E-state index in [9.17, 15) is 4.79 Å². The summed E-state index contributed by atoms with van der Waals surface area (Å²) < 4.78 is 5.36. The Hall–Kier alpha value is -1.52. The van der Waals surface area contributed by atoms with Crippen LogP contribution in [0.25, 0.3) is 11.0 Å². The van der Waals surface area contributed by atoms with Crippen LogP contribution < -0.4 is 11.1 Å². The molecule has 0 unspecified atom stereocenters. The zero-order valence-electron chi connectivity index (χ0n) is 11.8. The first-order chi connectivity index (χ1) is 9.09. The van der Waals surface area contributed by atoms with E-state index >= 15 is 0 Å². The van der Waals surface area contributed by atoms with Gasteiger partial charge >= 0.3 is 0 Å². The molecule has 2 aromatic rings. The van der Waals surface area contributed by atoms with Gasteiger partial charge in [0.1, 0.15) is 11.8 Å². The van der Waals surface area contributed by atoms with Gasteiger partial charge in [-0.1, -0.05) is 32.0 Å². The summed E-state index contributed by atoms with van der Waals surface area (Å²) in [6, 6.07) is 7.49. The number of carbonyl (C=O) groups excluding carboxylic acids is 1. The molecule has 4 nitrogen and oxygen atoms in total. The van der Waals surface area contributed by atoms with Crippen LogP contribution in [-0.4, -0.2) is 18.0 Å². The lowest BCUT2D eigenvalue weighted by molar-refractivity contribution is 0.0943. The van der Waals surface area contributed by atoms with Gasteiger partial charge in [-0.25, -0.2) is 0 Å². The van der Waals surface area contributed by atoms with E-state index in [4.69, 9.17) is 10.2 Å². The van der Waals surface area contributed by atoms with Crippen LogP contribution in [0, 0.1) is 0 Å². The highest BCUT2D eigenvalue weighted by molar-refractivity contribution is 6.05. The van der Waals surface area contributed by atoms with Gasteiger partial charge < -0.3 is 15.5 Å². The lowest BCUT2D eigenvalue weighted by atomic mass is 9.94. The summed E-state index contributed by atoms with van der Waals surface area (Å²) in [6.07, 6.45) is 3.15. The van der Waals surface area contributed by atoms with Gasteiger partial charge in [-0.05, 0) is 18.9 Å². The minimum absolute atomic E-state index is 0. The van der Waals surface area contributed by atoms with Crippen molar-refractivity contribution in [3.8, 4) is 0 Å². The summed E-state index contributed by atoms with van der Waals surface area (Å²) in [6.45, 7) is 4.53. The lowest BCUT2D eigenvalue weighted by Crippen LogP contribution is -2.49. The van der Waals surface area contributed by atoms with Crippen molar-refractivity contribution in [3.63, 3.8) is 0 Å². The Bertz CT molecular complexity index is 576. The maximum Gasteiger partial charge on any atom is 0.255 e. The third kappa shape index (κ3) is 3.32. The summed E-state index contributed by atoms with van der Waals surface area (Å²) in [5, 5.41) is 3.72. The fourth-order valence-corrected chi connectivity index (χ4v) is 2.01. The molecule has 2 rings (SSSR count). The van der Waals surface area contributed by atoms with E-state index in [0.29, 0.717) is 12.1 Å². The molecule has 0 saturated carbocycles. The van der Waals surface area contributed by atoms with E-state index in [0.717, 1.165) is 23.8 Å². The third-order valence-electron chi connectivity index (χ3n) is 3.73. The van der Waals surface area contributed by atoms with Crippen LogP contribution in [0.15, 0.2) is 34.9 Å². The molecule has 0 bridgehead atoms. The van der Waals surface area contributed by atoms with Crippen molar-refractivity contribution in [3.05, 3.63) is 36.1 Å². The molecule has 0 atom stereocenters. The van der Waals surface area contributed by atoms with Crippen LogP contribution >= 0.6 is 12.4 Å². The number of nitrogens with two attached hydrogens (primary N) is 1. The quantitative estimate of drug-likeness (QED) is 0.891. The molecule has 110 valence electrons. The molecule has 0 aliphatic rings. The van der Waals surface area contributed by atoms with E-state index < -0.39 is 0 Å². The molecule has 0 saturated heterocycles. The molecule has 0 spiro atoms. The molecule has 1 heterocycles.